The summed E-state index contributed by atoms with van der Waals surface area (Å²) < 4.78 is 10.2. The summed E-state index contributed by atoms with van der Waals surface area (Å²) in [7, 11) is 1.34. The van der Waals surface area contributed by atoms with Crippen molar-refractivity contribution < 1.29 is 18.8 Å². The molecule has 0 aliphatic heterocycles. The minimum absolute atomic E-state index is 0.0825. The second kappa shape index (κ2) is 6.60. The smallest absolute Gasteiger partial charge is 0.312 e. The second-order valence-electron chi connectivity index (χ2n) is 5.52. The maximum atomic E-state index is 12.5. The van der Waals surface area contributed by atoms with E-state index in [0.717, 1.165) is 6.42 Å². The Morgan fingerprint density at radius 1 is 1.48 bits per heavy atom. The summed E-state index contributed by atoms with van der Waals surface area (Å²) >= 11 is 5.74. The number of carbonyl (C=O) groups excluding carboxylic acids is 2. The van der Waals surface area contributed by atoms with Crippen LogP contribution in [0.3, 0.4) is 0 Å². The van der Waals surface area contributed by atoms with E-state index in [4.69, 9.17) is 20.9 Å². The second-order valence-corrected chi connectivity index (χ2v) is 5.90. The van der Waals surface area contributed by atoms with Gasteiger partial charge in [0.15, 0.2) is 5.78 Å². The number of carbonyl (C=O) groups is 2. The van der Waals surface area contributed by atoms with Crippen molar-refractivity contribution in [3.05, 3.63) is 17.0 Å². The van der Waals surface area contributed by atoms with E-state index in [-0.39, 0.29) is 18.2 Å². The van der Waals surface area contributed by atoms with Gasteiger partial charge in [-0.2, -0.15) is 0 Å². The van der Waals surface area contributed by atoms with Gasteiger partial charge in [-0.3, -0.25) is 9.59 Å². The third-order valence-electron chi connectivity index (χ3n) is 4.00. The summed E-state index contributed by atoms with van der Waals surface area (Å²) in [4.78, 5) is 24.7. The molecule has 1 aromatic rings. The molecule has 0 bridgehead atoms. The SMILES string of the molecule is CCCc1noc2c1C(=O)CC(CCCCl)(C(=O)OC)C2. The van der Waals surface area contributed by atoms with Crippen LogP contribution in [0.4, 0.5) is 0 Å². The summed E-state index contributed by atoms with van der Waals surface area (Å²) in [6, 6.07) is 0. The highest BCUT2D eigenvalue weighted by molar-refractivity contribution is 6.17. The highest BCUT2D eigenvalue weighted by Gasteiger charge is 2.47. The Bertz CT molecular complexity index is 540. The number of halogens is 1. The molecule has 0 amide bonds. The Morgan fingerprint density at radius 3 is 2.86 bits per heavy atom. The van der Waals surface area contributed by atoms with Gasteiger partial charge in [0, 0.05) is 18.7 Å². The fourth-order valence-corrected chi connectivity index (χ4v) is 3.15. The number of Topliss-reactive ketones (excluding diaryl/α,β-unsaturated/α-hetero) is 1. The zero-order valence-corrected chi connectivity index (χ0v) is 13.2. The summed E-state index contributed by atoms with van der Waals surface area (Å²) in [5.41, 5.74) is 0.409. The van der Waals surface area contributed by atoms with E-state index >= 15 is 0 Å². The van der Waals surface area contributed by atoms with Crippen LogP contribution in [0.2, 0.25) is 0 Å². The van der Waals surface area contributed by atoms with Gasteiger partial charge < -0.3 is 9.26 Å². The number of ether oxygens (including phenoxy) is 1. The molecule has 21 heavy (non-hydrogen) atoms. The molecule has 1 aliphatic rings. The lowest BCUT2D eigenvalue weighted by Gasteiger charge is -2.32. The Labute approximate surface area is 129 Å². The molecule has 0 saturated heterocycles. The highest BCUT2D eigenvalue weighted by Crippen LogP contribution is 2.41. The molecule has 5 nitrogen and oxygen atoms in total. The molecular weight excluding hydrogens is 294 g/mol. The first-order valence-corrected chi connectivity index (χ1v) is 7.76. The zero-order valence-electron chi connectivity index (χ0n) is 12.4. The molecule has 1 aliphatic carbocycles. The molecule has 0 aromatic carbocycles. The number of hydrogen-bond acceptors (Lipinski definition) is 5. The van der Waals surface area contributed by atoms with Gasteiger partial charge in [-0.1, -0.05) is 18.5 Å². The van der Waals surface area contributed by atoms with Crippen LogP contribution in [-0.2, 0) is 22.4 Å². The van der Waals surface area contributed by atoms with E-state index in [1.807, 2.05) is 6.92 Å². The Balaban J connectivity index is 2.35. The van der Waals surface area contributed by atoms with Crippen molar-refractivity contribution in [3.8, 4) is 0 Å². The van der Waals surface area contributed by atoms with Crippen LogP contribution < -0.4 is 0 Å². The number of esters is 1. The first kappa shape index (κ1) is 16.0. The van der Waals surface area contributed by atoms with E-state index in [0.29, 0.717) is 48.6 Å². The number of ketones is 1. The molecule has 0 fully saturated rings. The third kappa shape index (κ3) is 2.98. The van der Waals surface area contributed by atoms with Crippen LogP contribution in [0.1, 0.15) is 54.4 Å². The summed E-state index contributed by atoms with van der Waals surface area (Å²) in [6.07, 6.45) is 3.25. The van der Waals surface area contributed by atoms with E-state index in [2.05, 4.69) is 5.16 Å². The van der Waals surface area contributed by atoms with Gasteiger partial charge in [0.25, 0.3) is 0 Å². The lowest BCUT2D eigenvalue weighted by Crippen LogP contribution is -2.40. The molecule has 116 valence electrons. The minimum atomic E-state index is -0.864. The molecular formula is C15H20ClNO4. The third-order valence-corrected chi connectivity index (χ3v) is 4.27. The normalized spacial score (nSPS) is 21.2. The average Bonchev–Trinajstić information content (AvgIpc) is 2.88. The number of nitrogens with zero attached hydrogens (tertiary/aromatic N) is 1. The van der Waals surface area contributed by atoms with E-state index in [1.54, 1.807) is 0 Å². The van der Waals surface area contributed by atoms with Crippen molar-refractivity contribution in [2.24, 2.45) is 5.41 Å². The molecule has 0 radical (unpaired) electrons. The lowest BCUT2D eigenvalue weighted by atomic mass is 9.70. The van der Waals surface area contributed by atoms with Gasteiger partial charge in [0.2, 0.25) is 0 Å². The van der Waals surface area contributed by atoms with Crippen molar-refractivity contribution in [3.63, 3.8) is 0 Å². The number of fused-ring (bicyclic) bond motifs is 1. The quantitative estimate of drug-likeness (QED) is 0.596. The molecule has 6 heteroatoms. The molecule has 1 heterocycles. The molecule has 0 saturated carbocycles. The van der Waals surface area contributed by atoms with Crippen molar-refractivity contribution in [2.45, 2.75) is 45.4 Å². The predicted octanol–water partition coefficient (Wildman–Crippen LogP) is 2.93. The van der Waals surface area contributed by atoms with Crippen molar-refractivity contribution in [1.29, 1.82) is 0 Å². The Morgan fingerprint density at radius 2 is 2.24 bits per heavy atom. The van der Waals surface area contributed by atoms with Crippen LogP contribution in [0.5, 0.6) is 0 Å². The van der Waals surface area contributed by atoms with Crippen LogP contribution >= 0.6 is 11.6 Å². The number of hydrogen-bond donors (Lipinski definition) is 0. The maximum Gasteiger partial charge on any atom is 0.312 e. The molecule has 1 unspecified atom stereocenters. The fraction of sp³-hybridized carbons (Fsp3) is 0.667. The predicted molar refractivity (Wildman–Crippen MR) is 77.6 cm³/mol. The van der Waals surface area contributed by atoms with Crippen LogP contribution in [0.15, 0.2) is 4.52 Å². The fourth-order valence-electron chi connectivity index (χ4n) is 3.02. The average molecular weight is 314 g/mol. The zero-order chi connectivity index (χ0) is 15.5. The largest absolute Gasteiger partial charge is 0.469 e. The van der Waals surface area contributed by atoms with Gasteiger partial charge in [-0.25, -0.2) is 0 Å². The van der Waals surface area contributed by atoms with Crippen molar-refractivity contribution in [1.82, 2.24) is 5.16 Å². The Hall–Kier alpha value is -1.36. The monoisotopic (exact) mass is 313 g/mol. The van der Waals surface area contributed by atoms with Gasteiger partial charge in [-0.15, -0.1) is 11.6 Å². The van der Waals surface area contributed by atoms with E-state index in [1.165, 1.54) is 7.11 Å². The molecule has 2 rings (SSSR count). The van der Waals surface area contributed by atoms with Gasteiger partial charge in [-0.05, 0) is 19.3 Å². The maximum absolute atomic E-state index is 12.5. The number of rotatable bonds is 6. The van der Waals surface area contributed by atoms with Crippen LogP contribution in [0, 0.1) is 5.41 Å². The summed E-state index contributed by atoms with van der Waals surface area (Å²) in [5, 5.41) is 3.99. The van der Waals surface area contributed by atoms with Gasteiger partial charge in [0.1, 0.15) is 5.76 Å². The summed E-state index contributed by atoms with van der Waals surface area (Å²) in [5.74, 6) is 0.493. The number of alkyl halides is 1. The minimum Gasteiger partial charge on any atom is -0.469 e. The standard InChI is InChI=1S/C15H20ClNO4/c1-3-5-10-13-11(18)8-15(6-4-7-16,14(19)20-2)9-12(13)21-17-10/h3-9H2,1-2H3. The molecule has 1 aromatic heterocycles. The number of aryl methyl sites for hydroxylation is 1. The number of methoxy groups -OCH3 is 1. The molecule has 0 N–H and O–H groups in total. The van der Waals surface area contributed by atoms with Gasteiger partial charge in [0.05, 0.1) is 23.8 Å². The first-order valence-electron chi connectivity index (χ1n) is 7.23. The molecule has 1 atom stereocenters. The van der Waals surface area contributed by atoms with Crippen molar-refractivity contribution >= 4 is 23.4 Å². The van der Waals surface area contributed by atoms with Crippen molar-refractivity contribution in [2.75, 3.05) is 13.0 Å². The van der Waals surface area contributed by atoms with E-state index in [9.17, 15) is 9.59 Å². The number of aromatic nitrogens is 1. The van der Waals surface area contributed by atoms with Crippen LogP contribution in [-0.4, -0.2) is 29.9 Å². The topological polar surface area (TPSA) is 69.4 Å². The van der Waals surface area contributed by atoms with Crippen LogP contribution in [0.25, 0.3) is 0 Å². The molecule has 0 spiro atoms. The highest BCUT2D eigenvalue weighted by atomic mass is 35.5. The van der Waals surface area contributed by atoms with Gasteiger partial charge >= 0.3 is 5.97 Å². The van der Waals surface area contributed by atoms with E-state index < -0.39 is 5.41 Å². The lowest BCUT2D eigenvalue weighted by molar-refractivity contribution is -0.153. The Kier molecular flexibility index (Phi) is 5.04. The summed E-state index contributed by atoms with van der Waals surface area (Å²) in [6.45, 7) is 2.02. The first-order chi connectivity index (χ1) is 10.1.